The Morgan fingerprint density at radius 3 is 1.97 bits per heavy atom. The lowest BCUT2D eigenvalue weighted by atomic mass is 10.1. The van der Waals surface area contributed by atoms with E-state index in [1.165, 1.54) is 12.1 Å². The molecule has 0 bridgehead atoms. The Morgan fingerprint density at radius 1 is 0.879 bits per heavy atom. The number of aryl methyl sites for hydroxylation is 1. The van der Waals surface area contributed by atoms with E-state index in [0.717, 1.165) is 16.7 Å². The first-order valence-electron chi connectivity index (χ1n) is 10.2. The predicted octanol–water partition coefficient (Wildman–Crippen LogP) is 3.33. The molecular formula is C24H22N4O4S. The average molecular weight is 463 g/mol. The van der Waals surface area contributed by atoms with E-state index in [0.29, 0.717) is 35.9 Å². The summed E-state index contributed by atoms with van der Waals surface area (Å²) in [5, 5.41) is 16.1. The smallest absolute Gasteiger partial charge is 0.251 e. The molecule has 33 heavy (non-hydrogen) atoms. The lowest BCUT2D eigenvalue weighted by Crippen LogP contribution is -2.25. The molecule has 0 saturated carbocycles. The maximum absolute atomic E-state index is 12.4. The van der Waals surface area contributed by atoms with Gasteiger partial charge in [0.15, 0.2) is 0 Å². The molecule has 8 nitrogen and oxygen atoms in total. The molecule has 0 aliphatic carbocycles. The summed E-state index contributed by atoms with van der Waals surface area (Å²) in [6, 6.07) is 21.0. The van der Waals surface area contributed by atoms with E-state index >= 15 is 0 Å². The van der Waals surface area contributed by atoms with Gasteiger partial charge in [0.2, 0.25) is 21.8 Å². The third-order valence-electron chi connectivity index (χ3n) is 5.07. The quantitative estimate of drug-likeness (QED) is 0.434. The highest BCUT2D eigenvalue weighted by Crippen LogP contribution is 2.24. The molecule has 0 unspecified atom stereocenters. The topological polar surface area (TPSA) is 128 Å². The van der Waals surface area contributed by atoms with Crippen molar-refractivity contribution in [1.29, 1.82) is 0 Å². The number of amides is 1. The number of sulfonamides is 1. The number of nitrogens with one attached hydrogen (secondary N) is 1. The zero-order valence-electron chi connectivity index (χ0n) is 17.9. The predicted molar refractivity (Wildman–Crippen MR) is 124 cm³/mol. The Kier molecular flexibility index (Phi) is 6.34. The Morgan fingerprint density at radius 2 is 1.42 bits per heavy atom. The molecule has 3 aromatic carbocycles. The molecule has 0 spiro atoms. The highest BCUT2D eigenvalue weighted by molar-refractivity contribution is 7.89. The molecule has 0 aliphatic rings. The van der Waals surface area contributed by atoms with Crippen LogP contribution in [-0.4, -0.2) is 31.1 Å². The second-order valence-electron chi connectivity index (χ2n) is 7.55. The van der Waals surface area contributed by atoms with Crippen molar-refractivity contribution in [3.8, 4) is 22.9 Å². The molecule has 4 rings (SSSR count). The van der Waals surface area contributed by atoms with Gasteiger partial charge in [-0.1, -0.05) is 29.8 Å². The summed E-state index contributed by atoms with van der Waals surface area (Å²) in [6.07, 6.45) is 0.554. The monoisotopic (exact) mass is 462 g/mol. The number of nitrogens with zero attached hydrogens (tertiary/aromatic N) is 2. The molecule has 0 fully saturated rings. The minimum atomic E-state index is -3.71. The summed E-state index contributed by atoms with van der Waals surface area (Å²) < 4.78 is 28.4. The number of carbonyl (C=O) groups is 1. The molecule has 1 aromatic heterocycles. The maximum Gasteiger partial charge on any atom is 0.251 e. The van der Waals surface area contributed by atoms with Crippen molar-refractivity contribution in [3.63, 3.8) is 0 Å². The van der Waals surface area contributed by atoms with Crippen LogP contribution in [0, 0.1) is 6.92 Å². The van der Waals surface area contributed by atoms with Crippen LogP contribution < -0.4 is 10.5 Å². The Bertz CT molecular complexity index is 1360. The van der Waals surface area contributed by atoms with Gasteiger partial charge in [-0.25, -0.2) is 13.6 Å². The lowest BCUT2D eigenvalue weighted by Gasteiger charge is -2.06. The Labute approximate surface area is 191 Å². The van der Waals surface area contributed by atoms with Crippen LogP contribution in [0.5, 0.6) is 0 Å². The number of hydrogen-bond acceptors (Lipinski definition) is 6. The fourth-order valence-electron chi connectivity index (χ4n) is 3.19. The number of rotatable bonds is 7. The maximum atomic E-state index is 12.4. The SMILES string of the molecule is Cc1ccc(-c2nnc(-c3ccc(C(=O)NCCc4ccc(S(N)(=O)=O)cc4)cc3)o2)cc1. The molecule has 0 aliphatic heterocycles. The van der Waals surface area contributed by atoms with Gasteiger partial charge in [-0.15, -0.1) is 10.2 Å². The van der Waals surface area contributed by atoms with Crippen molar-refractivity contribution in [2.45, 2.75) is 18.2 Å². The molecule has 0 saturated heterocycles. The van der Waals surface area contributed by atoms with Gasteiger partial charge >= 0.3 is 0 Å². The molecule has 1 heterocycles. The molecule has 9 heteroatoms. The van der Waals surface area contributed by atoms with E-state index in [1.807, 2.05) is 31.2 Å². The first kappa shape index (κ1) is 22.4. The van der Waals surface area contributed by atoms with E-state index in [1.54, 1.807) is 36.4 Å². The summed E-state index contributed by atoms with van der Waals surface area (Å²) in [4.78, 5) is 12.5. The summed E-state index contributed by atoms with van der Waals surface area (Å²) in [6.45, 7) is 2.41. The fourth-order valence-corrected chi connectivity index (χ4v) is 3.70. The van der Waals surface area contributed by atoms with E-state index < -0.39 is 10.0 Å². The van der Waals surface area contributed by atoms with E-state index in [-0.39, 0.29) is 10.8 Å². The van der Waals surface area contributed by atoms with Crippen LogP contribution in [-0.2, 0) is 16.4 Å². The van der Waals surface area contributed by atoms with Crippen molar-refractivity contribution in [1.82, 2.24) is 15.5 Å². The third kappa shape index (κ3) is 5.51. The van der Waals surface area contributed by atoms with Gasteiger partial charge in [0.05, 0.1) is 4.90 Å². The number of benzene rings is 3. The second-order valence-corrected chi connectivity index (χ2v) is 9.11. The molecular weight excluding hydrogens is 440 g/mol. The average Bonchev–Trinajstić information content (AvgIpc) is 3.30. The number of primary sulfonamides is 1. The summed E-state index contributed by atoms with van der Waals surface area (Å²) in [7, 11) is -3.71. The summed E-state index contributed by atoms with van der Waals surface area (Å²) in [5.41, 5.74) is 4.09. The van der Waals surface area contributed by atoms with E-state index in [4.69, 9.17) is 9.56 Å². The largest absolute Gasteiger partial charge is 0.416 e. The van der Waals surface area contributed by atoms with Crippen LogP contribution in [0.25, 0.3) is 22.9 Å². The van der Waals surface area contributed by atoms with Gasteiger partial charge in [0.25, 0.3) is 5.91 Å². The fraction of sp³-hybridized carbons (Fsp3) is 0.125. The van der Waals surface area contributed by atoms with E-state index in [9.17, 15) is 13.2 Å². The summed E-state index contributed by atoms with van der Waals surface area (Å²) >= 11 is 0. The van der Waals surface area contributed by atoms with Gasteiger partial charge in [0, 0.05) is 23.2 Å². The van der Waals surface area contributed by atoms with Crippen LogP contribution in [0.4, 0.5) is 0 Å². The molecule has 3 N–H and O–H groups in total. The zero-order valence-corrected chi connectivity index (χ0v) is 18.7. The zero-order chi connectivity index (χ0) is 23.4. The highest BCUT2D eigenvalue weighted by Gasteiger charge is 2.12. The lowest BCUT2D eigenvalue weighted by molar-refractivity contribution is 0.0954. The van der Waals surface area contributed by atoms with Gasteiger partial charge in [-0.2, -0.15) is 0 Å². The second kappa shape index (κ2) is 9.35. The minimum Gasteiger partial charge on any atom is -0.416 e. The Hall–Kier alpha value is -3.82. The number of carbonyl (C=O) groups excluding carboxylic acids is 1. The third-order valence-corrected chi connectivity index (χ3v) is 6.00. The first-order valence-corrected chi connectivity index (χ1v) is 11.8. The van der Waals surface area contributed by atoms with Gasteiger partial charge in [-0.05, 0) is 67.4 Å². The normalized spacial score (nSPS) is 11.3. The van der Waals surface area contributed by atoms with Crippen LogP contribution in [0.1, 0.15) is 21.5 Å². The molecule has 0 radical (unpaired) electrons. The molecule has 4 aromatic rings. The van der Waals surface area contributed by atoms with Gasteiger partial charge in [0.1, 0.15) is 0 Å². The van der Waals surface area contributed by atoms with Gasteiger partial charge in [-0.3, -0.25) is 4.79 Å². The van der Waals surface area contributed by atoms with Crippen molar-refractivity contribution in [3.05, 3.63) is 89.5 Å². The van der Waals surface area contributed by atoms with Crippen molar-refractivity contribution < 1.29 is 17.6 Å². The van der Waals surface area contributed by atoms with E-state index in [2.05, 4.69) is 15.5 Å². The van der Waals surface area contributed by atoms with Crippen molar-refractivity contribution in [2.75, 3.05) is 6.54 Å². The molecule has 0 atom stereocenters. The summed E-state index contributed by atoms with van der Waals surface area (Å²) in [5.74, 6) is 0.595. The number of nitrogens with two attached hydrogens (primary N) is 1. The number of hydrogen-bond donors (Lipinski definition) is 2. The van der Waals surface area contributed by atoms with Gasteiger partial charge < -0.3 is 9.73 Å². The van der Waals surface area contributed by atoms with Crippen LogP contribution in [0.2, 0.25) is 0 Å². The van der Waals surface area contributed by atoms with Crippen molar-refractivity contribution >= 4 is 15.9 Å². The van der Waals surface area contributed by atoms with Crippen LogP contribution in [0.3, 0.4) is 0 Å². The van der Waals surface area contributed by atoms with Crippen molar-refractivity contribution in [2.24, 2.45) is 5.14 Å². The minimum absolute atomic E-state index is 0.0580. The highest BCUT2D eigenvalue weighted by atomic mass is 32.2. The number of aromatic nitrogens is 2. The first-order chi connectivity index (χ1) is 15.8. The van der Waals surface area contributed by atoms with Crippen LogP contribution in [0.15, 0.2) is 82.1 Å². The molecule has 1 amide bonds. The molecule has 168 valence electrons. The Balaban J connectivity index is 1.34. The van der Waals surface area contributed by atoms with Crippen LogP contribution >= 0.6 is 0 Å². The standard InChI is InChI=1S/C24H22N4O4S/c1-16-2-6-19(7-3-16)23-27-28-24(32-23)20-10-8-18(9-11-20)22(29)26-15-14-17-4-12-21(13-5-17)33(25,30)31/h2-13H,14-15H2,1H3,(H,26,29)(H2,25,30,31).